The van der Waals surface area contributed by atoms with Crippen LogP contribution in [-0.4, -0.2) is 53.9 Å². The summed E-state index contributed by atoms with van der Waals surface area (Å²) in [5.41, 5.74) is 2.30. The number of sulfonamides is 1. The molecule has 10 nitrogen and oxygen atoms in total. The minimum atomic E-state index is -3.69. The van der Waals surface area contributed by atoms with E-state index in [9.17, 15) is 13.2 Å². The van der Waals surface area contributed by atoms with Gasteiger partial charge in [0.15, 0.2) is 0 Å². The molecule has 1 saturated carbocycles. The molecule has 2 aromatic heterocycles. The Morgan fingerprint density at radius 2 is 1.54 bits per heavy atom. The summed E-state index contributed by atoms with van der Waals surface area (Å²) in [4.78, 5) is 29.7. The quantitative estimate of drug-likeness (QED) is 0.154. The molecule has 0 aliphatic heterocycles. The highest BCUT2D eigenvalue weighted by Gasteiger charge is 2.36. The van der Waals surface area contributed by atoms with E-state index in [-0.39, 0.29) is 0 Å². The van der Waals surface area contributed by atoms with Crippen LogP contribution in [0.4, 0.5) is 16.4 Å². The van der Waals surface area contributed by atoms with Gasteiger partial charge in [0.05, 0.1) is 22.2 Å². The summed E-state index contributed by atoms with van der Waals surface area (Å²) in [6, 6.07) is 25.7. The summed E-state index contributed by atoms with van der Waals surface area (Å²) in [5, 5.41) is 2.44. The Hall–Kier alpha value is -4.51. The van der Waals surface area contributed by atoms with Crippen molar-refractivity contribution in [2.75, 3.05) is 22.8 Å². The zero-order valence-corrected chi connectivity index (χ0v) is 31.2. The summed E-state index contributed by atoms with van der Waals surface area (Å²) in [6.07, 6.45) is 2.50. The lowest BCUT2D eigenvalue weighted by atomic mass is 9.88. The van der Waals surface area contributed by atoms with Gasteiger partial charge >= 0.3 is 6.09 Å². The van der Waals surface area contributed by atoms with Crippen molar-refractivity contribution in [3.05, 3.63) is 102 Å². The standard InChI is InChI=1S/C39H50N6O4S/c1-27(2)50(47,48)44(8)35-20-31(21-36(42-35)45(25-32-19-28(32)3)24-30-17-13-10-14-18-30)33-22-34(41-26-40-33)39(7,23-29-15-11-9-12-16-29)43-37(46)49-38(4,5)6/h9-18,20-22,26-28,32H,19,23-25H2,1-8H3,(H,43,46)/t28?,32?,39-/m1/s1. The smallest absolute Gasteiger partial charge is 0.408 e. The van der Waals surface area contributed by atoms with Gasteiger partial charge in [-0.2, -0.15) is 0 Å². The second-order valence-electron chi connectivity index (χ2n) is 14.9. The summed E-state index contributed by atoms with van der Waals surface area (Å²) in [5.74, 6) is 2.09. The van der Waals surface area contributed by atoms with E-state index in [1.165, 1.54) is 10.6 Å². The van der Waals surface area contributed by atoms with Crippen molar-refractivity contribution in [3.8, 4) is 11.3 Å². The molecule has 0 saturated heterocycles. The van der Waals surface area contributed by atoms with Gasteiger partial charge in [-0.25, -0.2) is 28.2 Å². The molecule has 3 atom stereocenters. The third-order valence-electron chi connectivity index (χ3n) is 9.08. The van der Waals surface area contributed by atoms with Gasteiger partial charge in [-0.3, -0.25) is 4.31 Å². The number of rotatable bonds is 13. The van der Waals surface area contributed by atoms with E-state index in [1.54, 1.807) is 27.0 Å². The maximum atomic E-state index is 13.4. The molecule has 4 aromatic rings. The van der Waals surface area contributed by atoms with E-state index in [0.29, 0.717) is 53.4 Å². The maximum absolute atomic E-state index is 13.4. The number of ether oxygens (including phenoxy) is 1. The molecule has 11 heteroatoms. The number of nitrogens with zero attached hydrogens (tertiary/aromatic N) is 5. The van der Waals surface area contributed by atoms with Crippen LogP contribution < -0.4 is 14.5 Å². The van der Waals surface area contributed by atoms with E-state index in [4.69, 9.17) is 9.72 Å². The molecule has 1 N–H and O–H groups in total. The Morgan fingerprint density at radius 1 is 0.940 bits per heavy atom. The predicted molar refractivity (Wildman–Crippen MR) is 199 cm³/mol. The third-order valence-corrected chi connectivity index (χ3v) is 11.2. The number of carbonyl (C=O) groups excluding carboxylic acids is 1. The van der Waals surface area contributed by atoms with Crippen LogP contribution in [0.1, 0.15) is 71.7 Å². The van der Waals surface area contributed by atoms with Crippen molar-refractivity contribution in [3.63, 3.8) is 0 Å². The van der Waals surface area contributed by atoms with Crippen molar-refractivity contribution in [1.29, 1.82) is 0 Å². The van der Waals surface area contributed by atoms with Crippen molar-refractivity contribution in [1.82, 2.24) is 20.3 Å². The van der Waals surface area contributed by atoms with E-state index in [2.05, 4.69) is 39.2 Å². The zero-order valence-electron chi connectivity index (χ0n) is 30.4. The van der Waals surface area contributed by atoms with Crippen LogP contribution in [0.5, 0.6) is 0 Å². The molecule has 0 bridgehead atoms. The highest BCUT2D eigenvalue weighted by Crippen LogP contribution is 2.40. The fourth-order valence-corrected chi connectivity index (χ4v) is 6.93. The summed E-state index contributed by atoms with van der Waals surface area (Å²) >= 11 is 0. The normalized spacial score (nSPS) is 17.1. The number of benzene rings is 2. The molecule has 2 heterocycles. The molecule has 1 aliphatic carbocycles. The average molecular weight is 699 g/mol. The molecule has 266 valence electrons. The van der Waals surface area contributed by atoms with E-state index < -0.39 is 32.5 Å². The van der Waals surface area contributed by atoms with Gasteiger partial charge in [0.1, 0.15) is 23.6 Å². The number of alkyl carbamates (subject to hydrolysis) is 1. The first-order valence-electron chi connectivity index (χ1n) is 17.2. The SMILES string of the molecule is CC1CC1CN(Cc1ccccc1)c1cc(-c2cc([C@@](C)(Cc3ccccc3)NC(=O)OC(C)(C)C)ncn2)cc(N(C)S(=O)(=O)C(C)C)n1. The van der Waals surface area contributed by atoms with Crippen LogP contribution in [0.25, 0.3) is 11.3 Å². The monoisotopic (exact) mass is 698 g/mol. The lowest BCUT2D eigenvalue weighted by Gasteiger charge is -2.32. The Kier molecular flexibility index (Phi) is 10.9. The zero-order chi connectivity index (χ0) is 36.3. The molecule has 2 aromatic carbocycles. The highest BCUT2D eigenvalue weighted by atomic mass is 32.2. The second kappa shape index (κ2) is 14.8. The van der Waals surface area contributed by atoms with Crippen LogP contribution in [-0.2, 0) is 33.3 Å². The first-order chi connectivity index (χ1) is 23.5. The van der Waals surface area contributed by atoms with Gasteiger partial charge in [0.2, 0.25) is 10.0 Å². The van der Waals surface area contributed by atoms with Crippen molar-refractivity contribution in [2.45, 2.75) is 84.2 Å². The number of amides is 1. The maximum Gasteiger partial charge on any atom is 0.408 e. The molecular weight excluding hydrogens is 649 g/mol. The van der Waals surface area contributed by atoms with Crippen LogP contribution >= 0.6 is 0 Å². The molecule has 50 heavy (non-hydrogen) atoms. The van der Waals surface area contributed by atoms with E-state index in [0.717, 1.165) is 24.1 Å². The van der Waals surface area contributed by atoms with Gasteiger partial charge in [0.25, 0.3) is 0 Å². The first kappa shape index (κ1) is 36.8. The molecule has 2 unspecified atom stereocenters. The Labute approximate surface area is 297 Å². The summed E-state index contributed by atoms with van der Waals surface area (Å²) in [7, 11) is -2.14. The molecule has 0 spiro atoms. The van der Waals surface area contributed by atoms with Gasteiger partial charge < -0.3 is 15.0 Å². The van der Waals surface area contributed by atoms with Gasteiger partial charge in [0, 0.05) is 32.1 Å². The minimum Gasteiger partial charge on any atom is -0.444 e. The largest absolute Gasteiger partial charge is 0.444 e. The summed E-state index contributed by atoms with van der Waals surface area (Å²) < 4.78 is 33.8. The van der Waals surface area contributed by atoms with E-state index in [1.807, 2.05) is 88.4 Å². The molecular formula is C39H50N6O4S. The van der Waals surface area contributed by atoms with Gasteiger partial charge in [-0.05, 0) is 89.1 Å². The highest BCUT2D eigenvalue weighted by molar-refractivity contribution is 7.93. The van der Waals surface area contributed by atoms with E-state index >= 15 is 0 Å². The number of nitrogens with one attached hydrogen (secondary N) is 1. The average Bonchev–Trinajstić information content (AvgIpc) is 3.77. The van der Waals surface area contributed by atoms with Crippen molar-refractivity contribution in [2.24, 2.45) is 11.8 Å². The van der Waals surface area contributed by atoms with Crippen molar-refractivity contribution < 1.29 is 17.9 Å². The topological polar surface area (TPSA) is 118 Å². The fraction of sp³-hybridized carbons (Fsp3) is 0.436. The molecule has 0 radical (unpaired) electrons. The van der Waals surface area contributed by atoms with Gasteiger partial charge in [-0.15, -0.1) is 0 Å². The minimum absolute atomic E-state index is 0.298. The summed E-state index contributed by atoms with van der Waals surface area (Å²) in [6.45, 7) is 14.4. The molecule has 1 fully saturated rings. The van der Waals surface area contributed by atoms with Crippen LogP contribution in [0.15, 0.2) is 85.2 Å². The molecule has 1 aliphatic rings. The predicted octanol–water partition coefficient (Wildman–Crippen LogP) is 7.36. The Bertz CT molecular complexity index is 1880. The Balaban J connectivity index is 1.62. The number of hydrogen-bond acceptors (Lipinski definition) is 8. The molecule has 1 amide bonds. The van der Waals surface area contributed by atoms with Gasteiger partial charge in [-0.1, -0.05) is 67.6 Å². The van der Waals surface area contributed by atoms with Crippen molar-refractivity contribution >= 4 is 27.8 Å². The number of pyridine rings is 1. The lowest BCUT2D eigenvalue weighted by Crippen LogP contribution is -2.47. The molecule has 5 rings (SSSR count). The number of aromatic nitrogens is 3. The lowest BCUT2D eigenvalue weighted by molar-refractivity contribution is 0.0458. The second-order valence-corrected chi connectivity index (χ2v) is 17.4. The first-order valence-corrected chi connectivity index (χ1v) is 18.7. The number of hydrogen-bond donors (Lipinski definition) is 1. The van der Waals surface area contributed by atoms with Crippen LogP contribution in [0.2, 0.25) is 0 Å². The third kappa shape index (κ3) is 9.18. The fourth-order valence-electron chi connectivity index (χ4n) is 5.95. The number of anilines is 2. The number of carbonyl (C=O) groups is 1. The van der Waals surface area contributed by atoms with Crippen LogP contribution in [0.3, 0.4) is 0 Å². The van der Waals surface area contributed by atoms with Crippen LogP contribution in [0, 0.1) is 11.8 Å². The Morgan fingerprint density at radius 3 is 2.12 bits per heavy atom.